The van der Waals surface area contributed by atoms with Gasteiger partial charge in [-0.2, -0.15) is 0 Å². The van der Waals surface area contributed by atoms with Crippen molar-refractivity contribution in [3.8, 4) is 11.8 Å². The molecule has 0 spiro atoms. The average molecular weight is 351 g/mol. The molecule has 1 aromatic rings. The molecule has 1 aliphatic carbocycles. The average Bonchev–Trinajstić information content (AvgIpc) is 2.79. The predicted molar refractivity (Wildman–Crippen MR) is 105 cm³/mol. The fourth-order valence-electron chi connectivity index (χ4n) is 2.52. The molecule has 1 aromatic carbocycles. The maximum atomic E-state index is 13.2. The number of hydrogen-bond donors (Lipinski definition) is 1. The van der Waals surface area contributed by atoms with Crippen molar-refractivity contribution in [2.75, 3.05) is 6.54 Å². The Bertz CT molecular complexity index is 813. The second-order valence-corrected chi connectivity index (χ2v) is 7.62. The van der Waals surface area contributed by atoms with Crippen molar-refractivity contribution in [2.45, 2.75) is 34.1 Å². The molecule has 1 unspecified atom stereocenters. The molecule has 0 saturated heterocycles. The summed E-state index contributed by atoms with van der Waals surface area (Å²) in [6.07, 6.45) is 8.48. The number of carbonyl (C=O) groups is 1. The van der Waals surface area contributed by atoms with Crippen LogP contribution in [0.15, 0.2) is 59.7 Å². The van der Waals surface area contributed by atoms with Gasteiger partial charge in [0.25, 0.3) is 0 Å². The molecule has 0 aromatic heterocycles. The third-order valence-corrected chi connectivity index (χ3v) is 4.01. The van der Waals surface area contributed by atoms with Crippen molar-refractivity contribution < 1.29 is 9.18 Å². The Hall–Kier alpha value is -2.60. The van der Waals surface area contributed by atoms with Gasteiger partial charge in [0, 0.05) is 29.2 Å². The summed E-state index contributed by atoms with van der Waals surface area (Å²) in [6.45, 7) is 8.95. The summed E-state index contributed by atoms with van der Waals surface area (Å²) < 4.78 is 13.2. The normalized spacial score (nSPS) is 16.7. The molecule has 0 radical (unpaired) electrons. The Balaban J connectivity index is 2.20. The van der Waals surface area contributed by atoms with E-state index in [2.05, 4.69) is 44.9 Å². The van der Waals surface area contributed by atoms with E-state index >= 15 is 0 Å². The standard InChI is InChI=1S/C23H26FNO/c1-5-19-13-11-17(9-10-18-7-6-8-20(24)15-18)12-14-21(19)22(26)25-16-23(2,3)4/h6-8,11-15,19H,5,16H2,1-4H3,(H,25,26). The SMILES string of the molecule is CCC1C=CC(C#Cc2cccc(F)c2)=CC=C1C(=O)NCC(C)(C)C. The van der Waals surface area contributed by atoms with Crippen LogP contribution < -0.4 is 5.32 Å². The van der Waals surface area contributed by atoms with Crippen LogP contribution in [-0.4, -0.2) is 12.5 Å². The highest BCUT2D eigenvalue weighted by molar-refractivity contribution is 5.94. The van der Waals surface area contributed by atoms with Gasteiger partial charge in [-0.3, -0.25) is 4.79 Å². The van der Waals surface area contributed by atoms with E-state index in [0.717, 1.165) is 17.6 Å². The van der Waals surface area contributed by atoms with Crippen LogP contribution in [0.5, 0.6) is 0 Å². The van der Waals surface area contributed by atoms with Gasteiger partial charge in [0.05, 0.1) is 0 Å². The third kappa shape index (κ3) is 6.04. The number of halogens is 1. The molecule has 0 fully saturated rings. The lowest BCUT2D eigenvalue weighted by atomic mass is 9.93. The number of amides is 1. The second-order valence-electron chi connectivity index (χ2n) is 7.62. The van der Waals surface area contributed by atoms with Crippen LogP contribution in [0.4, 0.5) is 4.39 Å². The molecule has 2 nitrogen and oxygen atoms in total. The van der Waals surface area contributed by atoms with Crippen LogP contribution in [0.3, 0.4) is 0 Å². The summed E-state index contributed by atoms with van der Waals surface area (Å²) in [5.41, 5.74) is 2.21. The van der Waals surface area contributed by atoms with Gasteiger partial charge in [-0.05, 0) is 42.2 Å². The van der Waals surface area contributed by atoms with Crippen LogP contribution in [-0.2, 0) is 4.79 Å². The first-order valence-corrected chi connectivity index (χ1v) is 8.94. The summed E-state index contributed by atoms with van der Waals surface area (Å²) in [7, 11) is 0. The van der Waals surface area contributed by atoms with Crippen LogP contribution >= 0.6 is 0 Å². The third-order valence-electron chi connectivity index (χ3n) is 4.01. The number of hydrogen-bond acceptors (Lipinski definition) is 1. The quantitative estimate of drug-likeness (QED) is 0.780. The monoisotopic (exact) mass is 351 g/mol. The van der Waals surface area contributed by atoms with E-state index in [1.54, 1.807) is 12.1 Å². The summed E-state index contributed by atoms with van der Waals surface area (Å²) in [5.74, 6) is 5.73. The predicted octanol–water partition coefficient (Wildman–Crippen LogP) is 4.79. The Morgan fingerprint density at radius 1 is 1.23 bits per heavy atom. The topological polar surface area (TPSA) is 29.1 Å². The van der Waals surface area contributed by atoms with E-state index < -0.39 is 0 Å². The minimum Gasteiger partial charge on any atom is -0.352 e. The molecule has 0 saturated carbocycles. The van der Waals surface area contributed by atoms with Gasteiger partial charge in [0.1, 0.15) is 5.82 Å². The van der Waals surface area contributed by atoms with E-state index in [-0.39, 0.29) is 23.1 Å². The molecule has 1 aliphatic rings. The van der Waals surface area contributed by atoms with Crippen molar-refractivity contribution in [1.29, 1.82) is 0 Å². The Labute approximate surface area is 155 Å². The fourth-order valence-corrected chi connectivity index (χ4v) is 2.52. The minimum absolute atomic E-state index is 0.0352. The minimum atomic E-state index is -0.300. The van der Waals surface area contributed by atoms with Gasteiger partial charge in [0.2, 0.25) is 5.91 Å². The van der Waals surface area contributed by atoms with Gasteiger partial charge >= 0.3 is 0 Å². The lowest BCUT2D eigenvalue weighted by Gasteiger charge is -2.21. The van der Waals surface area contributed by atoms with Crippen molar-refractivity contribution in [2.24, 2.45) is 11.3 Å². The Kier molecular flexibility index (Phi) is 6.58. The Morgan fingerprint density at radius 2 is 2.00 bits per heavy atom. The highest BCUT2D eigenvalue weighted by atomic mass is 19.1. The molecule has 1 N–H and O–H groups in total. The summed E-state index contributed by atoms with van der Waals surface area (Å²) in [5, 5.41) is 3.02. The van der Waals surface area contributed by atoms with Crippen molar-refractivity contribution in [3.63, 3.8) is 0 Å². The van der Waals surface area contributed by atoms with E-state index in [4.69, 9.17) is 0 Å². The zero-order valence-electron chi connectivity index (χ0n) is 15.9. The lowest BCUT2D eigenvalue weighted by molar-refractivity contribution is -0.118. The zero-order chi connectivity index (χ0) is 19.2. The molecule has 0 aliphatic heterocycles. The fraction of sp³-hybridized carbons (Fsp3) is 0.348. The van der Waals surface area contributed by atoms with Crippen molar-refractivity contribution in [1.82, 2.24) is 5.32 Å². The van der Waals surface area contributed by atoms with E-state index in [1.165, 1.54) is 12.1 Å². The molecule has 1 atom stereocenters. The first kappa shape index (κ1) is 19.7. The van der Waals surface area contributed by atoms with Gasteiger partial charge in [-0.1, -0.05) is 57.8 Å². The number of nitrogens with one attached hydrogen (secondary N) is 1. The van der Waals surface area contributed by atoms with Gasteiger partial charge in [-0.25, -0.2) is 4.39 Å². The summed E-state index contributed by atoms with van der Waals surface area (Å²) >= 11 is 0. The van der Waals surface area contributed by atoms with E-state index in [0.29, 0.717) is 12.1 Å². The second kappa shape index (κ2) is 8.67. The molecular weight excluding hydrogens is 325 g/mol. The molecular formula is C23H26FNO. The molecule has 26 heavy (non-hydrogen) atoms. The number of allylic oxidation sites excluding steroid dienone is 5. The molecule has 3 heteroatoms. The van der Waals surface area contributed by atoms with Crippen molar-refractivity contribution >= 4 is 5.91 Å². The van der Waals surface area contributed by atoms with Gasteiger partial charge in [0.15, 0.2) is 0 Å². The van der Waals surface area contributed by atoms with Gasteiger partial charge < -0.3 is 5.32 Å². The van der Waals surface area contributed by atoms with Crippen LogP contribution in [0.2, 0.25) is 0 Å². The molecule has 0 bridgehead atoms. The molecule has 2 rings (SSSR count). The van der Waals surface area contributed by atoms with Crippen LogP contribution in [0.25, 0.3) is 0 Å². The number of benzene rings is 1. The summed E-state index contributed by atoms with van der Waals surface area (Å²) in [4.78, 5) is 12.6. The molecule has 1 amide bonds. The number of rotatable bonds is 3. The largest absolute Gasteiger partial charge is 0.352 e. The number of carbonyl (C=O) groups excluding carboxylic acids is 1. The van der Waals surface area contributed by atoms with Crippen LogP contribution in [0, 0.1) is 29.0 Å². The maximum absolute atomic E-state index is 13.2. The highest BCUT2D eigenvalue weighted by Gasteiger charge is 2.20. The van der Waals surface area contributed by atoms with E-state index in [9.17, 15) is 9.18 Å². The Morgan fingerprint density at radius 3 is 2.65 bits per heavy atom. The summed E-state index contributed by atoms with van der Waals surface area (Å²) in [6, 6.07) is 6.21. The first-order valence-electron chi connectivity index (χ1n) is 8.94. The molecule has 136 valence electrons. The maximum Gasteiger partial charge on any atom is 0.247 e. The van der Waals surface area contributed by atoms with Crippen molar-refractivity contribution in [3.05, 3.63) is 71.1 Å². The highest BCUT2D eigenvalue weighted by Crippen LogP contribution is 2.22. The molecule has 0 heterocycles. The van der Waals surface area contributed by atoms with Crippen LogP contribution in [0.1, 0.15) is 39.7 Å². The smallest absolute Gasteiger partial charge is 0.247 e. The van der Waals surface area contributed by atoms with E-state index in [1.807, 2.05) is 24.3 Å². The zero-order valence-corrected chi connectivity index (χ0v) is 15.9. The van der Waals surface area contributed by atoms with Gasteiger partial charge in [-0.15, -0.1) is 0 Å². The lowest BCUT2D eigenvalue weighted by Crippen LogP contribution is -2.34. The first-order chi connectivity index (χ1) is 12.3.